The van der Waals surface area contributed by atoms with E-state index in [9.17, 15) is 5.11 Å². The van der Waals surface area contributed by atoms with Crippen molar-refractivity contribution in [2.45, 2.75) is 13.8 Å². The summed E-state index contributed by atoms with van der Waals surface area (Å²) in [5.74, 6) is 0.219. The third-order valence-corrected chi connectivity index (χ3v) is 2.92. The van der Waals surface area contributed by atoms with Crippen LogP contribution in [0.25, 0.3) is 6.08 Å². The summed E-state index contributed by atoms with van der Waals surface area (Å²) < 4.78 is 0. The Morgan fingerprint density at radius 3 is 2.26 bits per heavy atom. The maximum absolute atomic E-state index is 10.1. The molecule has 0 aliphatic rings. The van der Waals surface area contributed by atoms with Crippen LogP contribution in [0.3, 0.4) is 0 Å². The van der Waals surface area contributed by atoms with Crippen molar-refractivity contribution in [3.8, 4) is 5.75 Å². The van der Waals surface area contributed by atoms with E-state index in [-0.39, 0.29) is 5.75 Å². The second kappa shape index (κ2) is 5.53. The van der Waals surface area contributed by atoms with E-state index in [4.69, 9.17) is 0 Å². The zero-order chi connectivity index (χ0) is 13.8. The Morgan fingerprint density at radius 2 is 1.63 bits per heavy atom. The number of phenols is 1. The third-order valence-electron chi connectivity index (χ3n) is 2.92. The van der Waals surface area contributed by atoms with Crippen LogP contribution in [0.5, 0.6) is 5.75 Å². The van der Waals surface area contributed by atoms with E-state index in [1.165, 1.54) is 5.56 Å². The quantitative estimate of drug-likeness (QED) is 0.805. The molecule has 0 saturated heterocycles. The summed E-state index contributed by atoms with van der Waals surface area (Å²) in [4.78, 5) is 4.38. The molecule has 0 bridgehead atoms. The largest absolute Gasteiger partial charge is 0.507 e. The molecule has 0 saturated carbocycles. The normalized spacial score (nSPS) is 10.8. The molecular formula is C17H17NO. The number of hydrogen-bond donors (Lipinski definition) is 1. The van der Waals surface area contributed by atoms with Crippen molar-refractivity contribution in [3.05, 3.63) is 65.2 Å². The van der Waals surface area contributed by atoms with Gasteiger partial charge < -0.3 is 5.11 Å². The first-order valence-electron chi connectivity index (χ1n) is 6.17. The van der Waals surface area contributed by atoms with Crippen molar-refractivity contribution in [1.82, 2.24) is 0 Å². The molecule has 2 rings (SSSR count). The number of phenolic OH excluding ortho intramolecular Hbond substituents is 1. The lowest BCUT2D eigenvalue weighted by molar-refractivity contribution is 0.473. The molecule has 0 aliphatic carbocycles. The van der Waals surface area contributed by atoms with Crippen LogP contribution in [0.4, 0.5) is 5.69 Å². The minimum absolute atomic E-state index is 0.219. The van der Waals surface area contributed by atoms with Gasteiger partial charge in [-0.1, -0.05) is 30.4 Å². The molecule has 0 spiro atoms. The Labute approximate surface area is 113 Å². The Hall–Kier alpha value is -2.35. The van der Waals surface area contributed by atoms with Crippen LogP contribution in [-0.2, 0) is 0 Å². The summed E-state index contributed by atoms with van der Waals surface area (Å²) in [5.41, 5.74) is 4.57. The molecule has 96 valence electrons. The van der Waals surface area contributed by atoms with E-state index >= 15 is 0 Å². The topological polar surface area (TPSA) is 32.6 Å². The second-order valence-corrected chi connectivity index (χ2v) is 4.59. The smallest absolute Gasteiger partial charge is 0.131 e. The minimum atomic E-state index is 0.219. The van der Waals surface area contributed by atoms with Crippen molar-refractivity contribution in [3.63, 3.8) is 0 Å². The zero-order valence-corrected chi connectivity index (χ0v) is 11.2. The van der Waals surface area contributed by atoms with Crippen LogP contribution in [-0.4, -0.2) is 11.3 Å². The highest BCUT2D eigenvalue weighted by Gasteiger charge is 2.04. The molecule has 0 radical (unpaired) electrons. The van der Waals surface area contributed by atoms with E-state index in [0.29, 0.717) is 5.56 Å². The van der Waals surface area contributed by atoms with E-state index in [0.717, 1.165) is 16.8 Å². The second-order valence-electron chi connectivity index (χ2n) is 4.59. The van der Waals surface area contributed by atoms with Gasteiger partial charge in [0.2, 0.25) is 0 Å². The Morgan fingerprint density at radius 1 is 1.00 bits per heavy atom. The van der Waals surface area contributed by atoms with E-state index in [1.54, 1.807) is 12.3 Å². The molecule has 0 aliphatic heterocycles. The van der Waals surface area contributed by atoms with Crippen molar-refractivity contribution >= 4 is 18.0 Å². The van der Waals surface area contributed by atoms with E-state index < -0.39 is 0 Å². The molecule has 0 unspecified atom stereocenters. The predicted octanol–water partition coefficient (Wildman–Crippen LogP) is 4.40. The lowest BCUT2D eigenvalue weighted by Crippen LogP contribution is -1.88. The van der Waals surface area contributed by atoms with E-state index in [2.05, 4.69) is 11.6 Å². The first-order chi connectivity index (χ1) is 9.10. The number of benzene rings is 2. The van der Waals surface area contributed by atoms with Crippen molar-refractivity contribution in [1.29, 1.82) is 0 Å². The number of aryl methyl sites for hydroxylation is 2. The molecule has 2 nitrogen and oxygen atoms in total. The number of hydrogen-bond acceptors (Lipinski definition) is 2. The average molecular weight is 251 g/mol. The molecular weight excluding hydrogens is 234 g/mol. The SMILES string of the molecule is C=Cc1cc(C)cc(C=Nc2ccc(C)cc2)c1O. The Bertz CT molecular complexity index is 624. The lowest BCUT2D eigenvalue weighted by atomic mass is 10.1. The van der Waals surface area contributed by atoms with Crippen molar-refractivity contribution in [2.24, 2.45) is 4.99 Å². The molecule has 2 heteroatoms. The summed E-state index contributed by atoms with van der Waals surface area (Å²) in [6, 6.07) is 11.7. The first kappa shape index (κ1) is 13.1. The van der Waals surface area contributed by atoms with Gasteiger partial charge in [0.1, 0.15) is 5.75 Å². The van der Waals surface area contributed by atoms with Gasteiger partial charge in [0.25, 0.3) is 0 Å². The maximum Gasteiger partial charge on any atom is 0.131 e. The fraction of sp³-hybridized carbons (Fsp3) is 0.118. The Balaban J connectivity index is 2.35. The van der Waals surface area contributed by atoms with Crippen LogP contribution in [0, 0.1) is 13.8 Å². The van der Waals surface area contributed by atoms with E-state index in [1.807, 2.05) is 50.2 Å². The molecule has 1 N–H and O–H groups in total. The third kappa shape index (κ3) is 3.10. The summed E-state index contributed by atoms with van der Waals surface area (Å²) >= 11 is 0. The van der Waals surface area contributed by atoms with Gasteiger partial charge in [0.15, 0.2) is 0 Å². The van der Waals surface area contributed by atoms with Crippen LogP contribution in [0.2, 0.25) is 0 Å². The highest BCUT2D eigenvalue weighted by molar-refractivity contribution is 5.87. The minimum Gasteiger partial charge on any atom is -0.507 e. The number of rotatable bonds is 3. The molecule has 0 aromatic heterocycles. The highest BCUT2D eigenvalue weighted by atomic mass is 16.3. The summed E-state index contributed by atoms with van der Waals surface area (Å²) in [6.45, 7) is 7.72. The van der Waals surface area contributed by atoms with Gasteiger partial charge in [0.05, 0.1) is 5.69 Å². The van der Waals surface area contributed by atoms with Crippen LogP contribution in [0.15, 0.2) is 48.0 Å². The van der Waals surface area contributed by atoms with Crippen molar-refractivity contribution < 1.29 is 5.11 Å². The predicted molar refractivity (Wildman–Crippen MR) is 81.4 cm³/mol. The zero-order valence-electron chi connectivity index (χ0n) is 11.2. The molecule has 0 amide bonds. The van der Waals surface area contributed by atoms with Crippen LogP contribution in [0.1, 0.15) is 22.3 Å². The number of aliphatic imine (C=N–C) groups is 1. The van der Waals surface area contributed by atoms with Gasteiger partial charge in [-0.25, -0.2) is 0 Å². The molecule has 0 heterocycles. The Kier molecular flexibility index (Phi) is 3.81. The van der Waals surface area contributed by atoms with Gasteiger partial charge in [-0.2, -0.15) is 0 Å². The summed E-state index contributed by atoms with van der Waals surface area (Å²) in [6.07, 6.45) is 3.32. The molecule has 0 atom stereocenters. The fourth-order valence-electron chi connectivity index (χ4n) is 1.86. The number of aromatic hydroxyl groups is 1. The van der Waals surface area contributed by atoms with Gasteiger partial charge in [0, 0.05) is 17.3 Å². The van der Waals surface area contributed by atoms with Crippen molar-refractivity contribution in [2.75, 3.05) is 0 Å². The lowest BCUT2D eigenvalue weighted by Gasteiger charge is -2.05. The summed E-state index contributed by atoms with van der Waals surface area (Å²) in [7, 11) is 0. The van der Waals surface area contributed by atoms with Crippen LogP contribution < -0.4 is 0 Å². The maximum atomic E-state index is 10.1. The molecule has 2 aromatic rings. The average Bonchev–Trinajstić information content (AvgIpc) is 2.41. The summed E-state index contributed by atoms with van der Waals surface area (Å²) in [5, 5.41) is 10.1. The van der Waals surface area contributed by atoms with Gasteiger partial charge >= 0.3 is 0 Å². The van der Waals surface area contributed by atoms with Crippen LogP contribution >= 0.6 is 0 Å². The molecule has 0 fully saturated rings. The number of nitrogens with zero attached hydrogens (tertiary/aromatic N) is 1. The van der Waals surface area contributed by atoms with Gasteiger partial charge in [-0.3, -0.25) is 4.99 Å². The molecule has 2 aromatic carbocycles. The highest BCUT2D eigenvalue weighted by Crippen LogP contribution is 2.24. The van der Waals surface area contributed by atoms with Gasteiger partial charge in [-0.15, -0.1) is 0 Å². The standard InChI is InChI=1S/C17H17NO/c1-4-14-9-13(3)10-15(17(14)19)11-18-16-7-5-12(2)6-8-16/h4-11,19H,1H2,2-3H3. The molecule has 19 heavy (non-hydrogen) atoms. The monoisotopic (exact) mass is 251 g/mol. The van der Waals surface area contributed by atoms with Gasteiger partial charge in [-0.05, 0) is 43.7 Å². The first-order valence-corrected chi connectivity index (χ1v) is 6.17. The fourth-order valence-corrected chi connectivity index (χ4v) is 1.86.